The lowest BCUT2D eigenvalue weighted by Crippen LogP contribution is -2.17. The summed E-state index contributed by atoms with van der Waals surface area (Å²) in [4.78, 5) is 1.91. The van der Waals surface area contributed by atoms with Gasteiger partial charge in [-0.15, -0.1) is 0 Å². The fraction of sp³-hybridized carbons (Fsp3) is 0.400. The number of nitrogens with zero attached hydrogens (tertiary/aromatic N) is 1. The summed E-state index contributed by atoms with van der Waals surface area (Å²) in [7, 11) is 1.92. The van der Waals surface area contributed by atoms with Gasteiger partial charge < -0.3 is 19.8 Å². The average Bonchev–Trinajstić information content (AvgIpc) is 2.59. The number of hydrogen-bond donors (Lipinski definition) is 1. The molecule has 0 aliphatic carbocycles. The third kappa shape index (κ3) is 2.73. The molecule has 0 aliphatic rings. The van der Waals surface area contributed by atoms with Crippen LogP contribution in [-0.2, 0) is 11.3 Å². The average molecular weight is 196 g/mol. The summed E-state index contributed by atoms with van der Waals surface area (Å²) >= 11 is 0. The quantitative estimate of drug-likeness (QED) is 0.729. The molecule has 0 aliphatic heterocycles. The molecule has 0 saturated heterocycles. The zero-order chi connectivity index (χ0) is 10.6. The minimum atomic E-state index is 0.361. The van der Waals surface area contributed by atoms with Gasteiger partial charge in [0.05, 0.1) is 0 Å². The number of ether oxygens (including phenoxy) is 1. The Hall–Kier alpha value is -1.58. The van der Waals surface area contributed by atoms with Crippen LogP contribution in [0.5, 0.6) is 0 Å². The molecule has 4 heteroatoms. The number of hydrogen-bond acceptors (Lipinski definition) is 4. The summed E-state index contributed by atoms with van der Waals surface area (Å²) < 4.78 is 10.5. The van der Waals surface area contributed by atoms with E-state index in [-0.39, 0.29) is 0 Å². The lowest BCUT2D eigenvalue weighted by Gasteiger charge is -2.18. The largest absolute Gasteiger partial charge is 0.471 e. The summed E-state index contributed by atoms with van der Waals surface area (Å²) in [6, 6.07) is 3.49. The molecule has 0 aromatic carbocycles. The Labute approximate surface area is 83.9 Å². The van der Waals surface area contributed by atoms with Crippen LogP contribution in [0.15, 0.2) is 29.0 Å². The molecule has 78 valence electrons. The minimum absolute atomic E-state index is 0.361. The first-order valence-electron chi connectivity index (χ1n) is 4.50. The van der Waals surface area contributed by atoms with E-state index in [0.717, 1.165) is 6.54 Å². The lowest BCUT2D eigenvalue weighted by molar-refractivity contribution is 0.109. The van der Waals surface area contributed by atoms with E-state index in [2.05, 4.69) is 6.58 Å². The Morgan fingerprint density at radius 2 is 2.36 bits per heavy atom. The van der Waals surface area contributed by atoms with Gasteiger partial charge in [-0.05, 0) is 19.6 Å². The smallest absolute Gasteiger partial charge is 0.190 e. The maximum absolute atomic E-state index is 5.42. The SMILES string of the molecule is C=C(OCc1ccc(N)o1)N(C)CC. The van der Waals surface area contributed by atoms with E-state index in [4.69, 9.17) is 14.9 Å². The second-order valence-corrected chi connectivity index (χ2v) is 3.00. The van der Waals surface area contributed by atoms with Crippen LogP contribution in [0.25, 0.3) is 0 Å². The third-order valence-electron chi connectivity index (χ3n) is 1.96. The van der Waals surface area contributed by atoms with E-state index >= 15 is 0 Å². The molecule has 0 fully saturated rings. The van der Waals surface area contributed by atoms with Gasteiger partial charge in [0.2, 0.25) is 0 Å². The van der Waals surface area contributed by atoms with Crippen LogP contribution in [0.1, 0.15) is 12.7 Å². The molecule has 14 heavy (non-hydrogen) atoms. The van der Waals surface area contributed by atoms with Gasteiger partial charge in [-0.25, -0.2) is 0 Å². The van der Waals surface area contributed by atoms with Crippen LogP contribution in [0.4, 0.5) is 5.88 Å². The summed E-state index contributed by atoms with van der Waals surface area (Å²) in [6.07, 6.45) is 0. The third-order valence-corrected chi connectivity index (χ3v) is 1.96. The molecule has 1 aromatic rings. The van der Waals surface area contributed by atoms with E-state index in [9.17, 15) is 0 Å². The van der Waals surface area contributed by atoms with Gasteiger partial charge in [-0.3, -0.25) is 0 Å². The van der Waals surface area contributed by atoms with Gasteiger partial charge in [-0.1, -0.05) is 0 Å². The second kappa shape index (κ2) is 4.60. The van der Waals surface area contributed by atoms with Crippen molar-refractivity contribution in [3.05, 3.63) is 30.4 Å². The van der Waals surface area contributed by atoms with Crippen LogP contribution in [-0.4, -0.2) is 18.5 Å². The fourth-order valence-corrected chi connectivity index (χ4v) is 0.913. The highest BCUT2D eigenvalue weighted by molar-refractivity contribution is 5.24. The number of anilines is 1. The summed E-state index contributed by atoms with van der Waals surface area (Å²) in [5.41, 5.74) is 5.42. The highest BCUT2D eigenvalue weighted by Gasteiger charge is 2.03. The minimum Gasteiger partial charge on any atom is -0.471 e. The second-order valence-electron chi connectivity index (χ2n) is 3.00. The van der Waals surface area contributed by atoms with E-state index in [1.165, 1.54) is 0 Å². The van der Waals surface area contributed by atoms with E-state index in [0.29, 0.717) is 24.1 Å². The Morgan fingerprint density at radius 1 is 1.64 bits per heavy atom. The first-order valence-corrected chi connectivity index (χ1v) is 4.50. The molecule has 1 rings (SSSR count). The lowest BCUT2D eigenvalue weighted by atomic mass is 10.5. The molecule has 0 amide bonds. The first-order chi connectivity index (χ1) is 6.63. The molecule has 2 N–H and O–H groups in total. The molecule has 1 heterocycles. The van der Waals surface area contributed by atoms with Crippen molar-refractivity contribution in [2.75, 3.05) is 19.3 Å². The van der Waals surface area contributed by atoms with E-state index in [1.807, 2.05) is 18.9 Å². The number of nitrogen functional groups attached to an aromatic ring is 1. The van der Waals surface area contributed by atoms with Gasteiger partial charge in [0.25, 0.3) is 0 Å². The first kappa shape index (κ1) is 10.5. The van der Waals surface area contributed by atoms with Gasteiger partial charge in [0.15, 0.2) is 11.8 Å². The van der Waals surface area contributed by atoms with Crippen molar-refractivity contribution in [3.8, 4) is 0 Å². The van der Waals surface area contributed by atoms with Crippen molar-refractivity contribution in [2.24, 2.45) is 0 Å². The molecule has 0 radical (unpaired) electrons. The Balaban J connectivity index is 2.37. The number of furan rings is 1. The molecular weight excluding hydrogens is 180 g/mol. The molecule has 0 bridgehead atoms. The van der Waals surface area contributed by atoms with Crippen molar-refractivity contribution in [2.45, 2.75) is 13.5 Å². The summed E-state index contributed by atoms with van der Waals surface area (Å²) in [5, 5.41) is 0. The van der Waals surface area contributed by atoms with E-state index in [1.54, 1.807) is 12.1 Å². The maximum atomic E-state index is 5.42. The molecule has 0 spiro atoms. The van der Waals surface area contributed by atoms with Crippen LogP contribution in [0.2, 0.25) is 0 Å². The monoisotopic (exact) mass is 196 g/mol. The number of rotatable bonds is 5. The molecule has 4 nitrogen and oxygen atoms in total. The summed E-state index contributed by atoms with van der Waals surface area (Å²) in [5.74, 6) is 1.73. The predicted octanol–water partition coefficient (Wildman–Crippen LogP) is 1.80. The van der Waals surface area contributed by atoms with Crippen molar-refractivity contribution in [3.63, 3.8) is 0 Å². The normalized spacial score (nSPS) is 9.86. The molecule has 0 atom stereocenters. The Kier molecular flexibility index (Phi) is 3.45. The van der Waals surface area contributed by atoms with Crippen molar-refractivity contribution < 1.29 is 9.15 Å². The standard InChI is InChI=1S/C10H16N2O2/c1-4-12(3)8(2)13-7-9-5-6-10(11)14-9/h5-6H,2,4,7,11H2,1,3H3. The van der Waals surface area contributed by atoms with Crippen molar-refractivity contribution >= 4 is 5.88 Å². The number of nitrogens with two attached hydrogens (primary N) is 1. The Bertz CT molecular complexity index is 307. The Morgan fingerprint density at radius 3 is 2.86 bits per heavy atom. The van der Waals surface area contributed by atoms with Crippen LogP contribution < -0.4 is 5.73 Å². The van der Waals surface area contributed by atoms with Gasteiger partial charge >= 0.3 is 0 Å². The van der Waals surface area contributed by atoms with Crippen molar-refractivity contribution in [1.82, 2.24) is 4.90 Å². The van der Waals surface area contributed by atoms with Gasteiger partial charge in [0, 0.05) is 19.7 Å². The van der Waals surface area contributed by atoms with E-state index < -0.39 is 0 Å². The molecular formula is C10H16N2O2. The predicted molar refractivity (Wildman–Crippen MR) is 55.4 cm³/mol. The molecule has 0 saturated carbocycles. The summed E-state index contributed by atoms with van der Waals surface area (Å²) in [6.45, 7) is 7.03. The zero-order valence-corrected chi connectivity index (χ0v) is 8.62. The van der Waals surface area contributed by atoms with Crippen LogP contribution in [0.3, 0.4) is 0 Å². The molecule has 0 unspecified atom stereocenters. The van der Waals surface area contributed by atoms with Crippen molar-refractivity contribution in [1.29, 1.82) is 0 Å². The fourth-order valence-electron chi connectivity index (χ4n) is 0.913. The van der Waals surface area contributed by atoms with Crippen LogP contribution >= 0.6 is 0 Å². The topological polar surface area (TPSA) is 51.6 Å². The van der Waals surface area contributed by atoms with Gasteiger partial charge in [-0.2, -0.15) is 0 Å². The maximum Gasteiger partial charge on any atom is 0.190 e. The van der Waals surface area contributed by atoms with Gasteiger partial charge in [0.1, 0.15) is 12.4 Å². The zero-order valence-electron chi connectivity index (χ0n) is 8.62. The van der Waals surface area contributed by atoms with Crippen LogP contribution in [0, 0.1) is 0 Å². The highest BCUT2D eigenvalue weighted by Crippen LogP contribution is 2.12. The highest BCUT2D eigenvalue weighted by atomic mass is 16.5. The molecule has 1 aromatic heterocycles.